The molecule has 1 aliphatic rings. The fourth-order valence-electron chi connectivity index (χ4n) is 3.57. The van der Waals surface area contributed by atoms with E-state index in [-0.39, 0.29) is 47.4 Å². The van der Waals surface area contributed by atoms with Crippen LogP contribution in [-0.2, 0) is 11.3 Å². The monoisotopic (exact) mass is 408 g/mol. The predicted molar refractivity (Wildman–Crippen MR) is 104 cm³/mol. The summed E-state index contributed by atoms with van der Waals surface area (Å²) in [5.74, 6) is 0.410. The Morgan fingerprint density at radius 1 is 1.20 bits per heavy atom. The first-order valence-electron chi connectivity index (χ1n) is 9.39. The van der Waals surface area contributed by atoms with Crippen LogP contribution in [0.5, 0.6) is 0 Å². The second-order valence-electron chi connectivity index (χ2n) is 7.09. The maximum absolute atomic E-state index is 13.1. The first-order valence-corrected chi connectivity index (χ1v) is 9.39. The molecular formula is C20H17FN6O3. The van der Waals surface area contributed by atoms with Crippen molar-refractivity contribution in [3.8, 4) is 0 Å². The van der Waals surface area contributed by atoms with Gasteiger partial charge in [0.2, 0.25) is 11.8 Å². The molecule has 0 bridgehead atoms. The summed E-state index contributed by atoms with van der Waals surface area (Å²) in [6, 6.07) is 9.54. The molecule has 0 aliphatic carbocycles. The molecule has 4 aromatic rings. The lowest BCUT2D eigenvalue weighted by Crippen LogP contribution is -2.25. The quantitative estimate of drug-likeness (QED) is 0.545. The fourth-order valence-corrected chi connectivity index (χ4v) is 3.57. The normalized spacial score (nSPS) is 18.8. The van der Waals surface area contributed by atoms with E-state index >= 15 is 0 Å². The van der Waals surface area contributed by atoms with Gasteiger partial charge in [0.05, 0.1) is 18.1 Å². The molecule has 9 nitrogen and oxygen atoms in total. The average Bonchev–Trinajstić information content (AvgIpc) is 3.41. The minimum atomic E-state index is -0.328. The molecule has 5 rings (SSSR count). The number of hydrogen-bond acceptors (Lipinski definition) is 8. The highest BCUT2D eigenvalue weighted by Crippen LogP contribution is 2.37. The van der Waals surface area contributed by atoms with Crippen LogP contribution in [-0.4, -0.2) is 31.3 Å². The molecular weight excluding hydrogens is 391 g/mol. The summed E-state index contributed by atoms with van der Waals surface area (Å²) >= 11 is 0. The van der Waals surface area contributed by atoms with E-state index < -0.39 is 0 Å². The molecule has 0 radical (unpaired) electrons. The summed E-state index contributed by atoms with van der Waals surface area (Å²) in [6.45, 7) is 0.427. The van der Waals surface area contributed by atoms with Crippen molar-refractivity contribution >= 4 is 17.0 Å². The summed E-state index contributed by atoms with van der Waals surface area (Å²) in [4.78, 5) is 25.3. The Balaban J connectivity index is 1.35. The maximum atomic E-state index is 13.1. The molecule has 1 aromatic carbocycles. The topological polar surface area (TPSA) is 122 Å². The molecule has 30 heavy (non-hydrogen) atoms. The maximum Gasteiger partial charge on any atom is 0.264 e. The number of nitrogens with two attached hydrogens (primary N) is 1. The van der Waals surface area contributed by atoms with Crippen molar-refractivity contribution in [2.75, 3.05) is 12.3 Å². The first kappa shape index (κ1) is 18.4. The summed E-state index contributed by atoms with van der Waals surface area (Å²) < 4.78 is 25.6. The van der Waals surface area contributed by atoms with Gasteiger partial charge in [0.15, 0.2) is 11.5 Å². The number of hydrogen-bond donors (Lipinski definition) is 1. The molecule has 152 valence electrons. The van der Waals surface area contributed by atoms with Crippen LogP contribution in [0.2, 0.25) is 0 Å². The third-order valence-electron chi connectivity index (χ3n) is 5.14. The van der Waals surface area contributed by atoms with Crippen molar-refractivity contribution in [2.45, 2.75) is 25.0 Å². The van der Waals surface area contributed by atoms with Gasteiger partial charge >= 0.3 is 0 Å². The summed E-state index contributed by atoms with van der Waals surface area (Å²) in [5.41, 5.74) is 6.79. The summed E-state index contributed by atoms with van der Waals surface area (Å²) in [5, 5.41) is 4.40. The van der Waals surface area contributed by atoms with Crippen molar-refractivity contribution in [3.63, 3.8) is 0 Å². The van der Waals surface area contributed by atoms with Crippen LogP contribution in [0.25, 0.3) is 11.0 Å². The van der Waals surface area contributed by atoms with Gasteiger partial charge in [0.1, 0.15) is 12.4 Å². The van der Waals surface area contributed by atoms with Gasteiger partial charge in [0, 0.05) is 12.1 Å². The van der Waals surface area contributed by atoms with Crippen LogP contribution >= 0.6 is 0 Å². The standard InChI is InChI=1S/C20H17FN6O3/c21-13-5-3-11(4-6-13)15-8-12(10-29-15)17-24-16(30-26-17)9-27-19(28)14-2-1-7-23-18(14)25-20(27)22/h1-7,12,15H,8-10H2,(H2,22,23,25)/t12-,15+/m0/s1. The number of rotatable bonds is 4. The van der Waals surface area contributed by atoms with Crippen LogP contribution < -0.4 is 11.3 Å². The third-order valence-corrected chi connectivity index (χ3v) is 5.14. The molecule has 2 N–H and O–H groups in total. The Bertz CT molecular complexity index is 1270. The largest absolute Gasteiger partial charge is 0.373 e. The molecule has 0 spiro atoms. The van der Waals surface area contributed by atoms with Crippen molar-refractivity contribution in [2.24, 2.45) is 0 Å². The van der Waals surface area contributed by atoms with Crippen molar-refractivity contribution in [3.05, 3.63) is 76.0 Å². The number of anilines is 1. The Hall–Kier alpha value is -3.66. The SMILES string of the molecule is Nc1nc2ncccc2c(=O)n1Cc1nc([C@@H]2CO[C@@H](c3ccc(F)cc3)C2)no1. The van der Waals surface area contributed by atoms with Crippen LogP contribution in [0.4, 0.5) is 10.3 Å². The van der Waals surface area contributed by atoms with Crippen molar-refractivity contribution < 1.29 is 13.7 Å². The Morgan fingerprint density at radius 2 is 2.03 bits per heavy atom. The van der Waals surface area contributed by atoms with Crippen LogP contribution in [0.15, 0.2) is 51.9 Å². The molecule has 0 saturated carbocycles. The molecule has 4 heterocycles. The van der Waals surface area contributed by atoms with E-state index in [4.69, 9.17) is 15.0 Å². The van der Waals surface area contributed by atoms with Gasteiger partial charge in [-0.3, -0.25) is 9.36 Å². The van der Waals surface area contributed by atoms with E-state index in [0.717, 1.165) is 5.56 Å². The molecule has 1 aliphatic heterocycles. The van der Waals surface area contributed by atoms with E-state index in [9.17, 15) is 9.18 Å². The fraction of sp³-hybridized carbons (Fsp3) is 0.250. The number of pyridine rings is 1. The predicted octanol–water partition coefficient (Wildman–Crippen LogP) is 2.19. The molecule has 1 fully saturated rings. The van der Waals surface area contributed by atoms with Crippen molar-refractivity contribution in [1.82, 2.24) is 24.7 Å². The molecule has 1 saturated heterocycles. The Kier molecular flexibility index (Phi) is 4.47. The molecule has 2 atom stereocenters. The van der Waals surface area contributed by atoms with Crippen LogP contribution in [0.3, 0.4) is 0 Å². The molecule has 10 heteroatoms. The zero-order chi connectivity index (χ0) is 20.7. The zero-order valence-electron chi connectivity index (χ0n) is 15.7. The number of aromatic nitrogens is 5. The van der Waals surface area contributed by atoms with E-state index in [0.29, 0.717) is 24.2 Å². The highest BCUT2D eigenvalue weighted by atomic mass is 19.1. The molecule has 0 amide bonds. The van der Waals surface area contributed by atoms with Crippen LogP contribution in [0, 0.1) is 5.82 Å². The lowest BCUT2D eigenvalue weighted by atomic mass is 10.00. The minimum Gasteiger partial charge on any atom is -0.373 e. The Morgan fingerprint density at radius 3 is 2.87 bits per heavy atom. The van der Waals surface area contributed by atoms with E-state index in [1.54, 1.807) is 30.5 Å². The van der Waals surface area contributed by atoms with Gasteiger partial charge in [-0.2, -0.15) is 9.97 Å². The number of ether oxygens (including phenoxy) is 1. The summed E-state index contributed by atoms with van der Waals surface area (Å²) in [6.07, 6.45) is 2.04. The highest BCUT2D eigenvalue weighted by Gasteiger charge is 2.31. The number of nitrogens with zero attached hydrogens (tertiary/aromatic N) is 5. The second kappa shape index (κ2) is 7.30. The number of benzene rings is 1. The van der Waals surface area contributed by atoms with Gasteiger partial charge in [0.25, 0.3) is 5.56 Å². The van der Waals surface area contributed by atoms with E-state index in [1.165, 1.54) is 16.7 Å². The first-order chi connectivity index (χ1) is 14.6. The lowest BCUT2D eigenvalue weighted by Gasteiger charge is -2.08. The third kappa shape index (κ3) is 3.30. The number of fused-ring (bicyclic) bond motifs is 1. The molecule has 0 unspecified atom stereocenters. The lowest BCUT2D eigenvalue weighted by molar-refractivity contribution is 0.110. The van der Waals surface area contributed by atoms with E-state index in [2.05, 4.69) is 20.1 Å². The van der Waals surface area contributed by atoms with Crippen LogP contribution in [0.1, 0.15) is 35.7 Å². The van der Waals surface area contributed by atoms with Gasteiger partial charge in [-0.15, -0.1) is 0 Å². The summed E-state index contributed by atoms with van der Waals surface area (Å²) in [7, 11) is 0. The average molecular weight is 408 g/mol. The number of halogens is 1. The van der Waals surface area contributed by atoms with Gasteiger partial charge in [-0.25, -0.2) is 9.37 Å². The zero-order valence-corrected chi connectivity index (χ0v) is 15.7. The molecule has 3 aromatic heterocycles. The highest BCUT2D eigenvalue weighted by molar-refractivity contribution is 5.74. The minimum absolute atomic E-state index is 0.00443. The van der Waals surface area contributed by atoms with Gasteiger partial charge in [-0.05, 0) is 36.2 Å². The van der Waals surface area contributed by atoms with Gasteiger partial charge in [-0.1, -0.05) is 17.3 Å². The second-order valence-corrected chi connectivity index (χ2v) is 7.09. The smallest absolute Gasteiger partial charge is 0.264 e. The van der Waals surface area contributed by atoms with Gasteiger partial charge < -0.3 is 15.0 Å². The number of nitrogen functional groups attached to an aromatic ring is 1. The van der Waals surface area contributed by atoms with E-state index in [1.807, 2.05) is 0 Å². The van der Waals surface area contributed by atoms with Crippen molar-refractivity contribution in [1.29, 1.82) is 0 Å². The Labute approximate surface area is 169 Å².